The first kappa shape index (κ1) is 19.2. The van der Waals surface area contributed by atoms with Crippen molar-refractivity contribution in [3.05, 3.63) is 29.3 Å². The second kappa shape index (κ2) is 8.15. The van der Waals surface area contributed by atoms with Gasteiger partial charge in [-0.25, -0.2) is 8.42 Å². The third kappa shape index (κ3) is 4.84. The van der Waals surface area contributed by atoms with Crippen LogP contribution in [0, 0.1) is 0 Å². The van der Waals surface area contributed by atoms with Crippen LogP contribution < -0.4 is 5.32 Å². The van der Waals surface area contributed by atoms with Crippen molar-refractivity contribution < 1.29 is 13.2 Å². The summed E-state index contributed by atoms with van der Waals surface area (Å²) < 4.78 is 24.5. The first-order valence-electron chi connectivity index (χ1n) is 6.85. The first-order valence-corrected chi connectivity index (χ1v) is 8.88. The Balaban J connectivity index is 0.00000242. The molecule has 2 rings (SSSR count). The van der Waals surface area contributed by atoms with Crippen molar-refractivity contribution in [3.63, 3.8) is 0 Å². The van der Waals surface area contributed by atoms with Crippen LogP contribution in [0.4, 0.5) is 0 Å². The van der Waals surface area contributed by atoms with Crippen LogP contribution >= 0.6 is 24.0 Å². The summed E-state index contributed by atoms with van der Waals surface area (Å²) in [4.78, 5) is 13.9. The zero-order chi connectivity index (χ0) is 15.5. The number of carbonyl (C=O) groups excluding carboxylic acids is 1. The highest BCUT2D eigenvalue weighted by atomic mass is 35.5. The van der Waals surface area contributed by atoms with Crippen LogP contribution in [0.15, 0.2) is 29.2 Å². The highest BCUT2D eigenvalue weighted by molar-refractivity contribution is 7.92. The van der Waals surface area contributed by atoms with Gasteiger partial charge in [0.25, 0.3) is 0 Å². The van der Waals surface area contributed by atoms with Crippen LogP contribution in [0.25, 0.3) is 0 Å². The third-order valence-corrected chi connectivity index (χ3v) is 5.61. The molecule has 8 heteroatoms. The summed E-state index contributed by atoms with van der Waals surface area (Å²) in [7, 11) is -1.95. The van der Waals surface area contributed by atoms with Gasteiger partial charge in [0.15, 0.2) is 9.84 Å². The van der Waals surface area contributed by atoms with Gasteiger partial charge in [0.2, 0.25) is 5.91 Å². The summed E-state index contributed by atoms with van der Waals surface area (Å²) in [6.07, 6.45) is 1.70. The number of rotatable bonds is 4. The Morgan fingerprint density at radius 2 is 1.82 bits per heavy atom. The van der Waals surface area contributed by atoms with E-state index < -0.39 is 15.6 Å². The monoisotopic (exact) mass is 366 g/mol. The average molecular weight is 367 g/mol. The highest BCUT2D eigenvalue weighted by Crippen LogP contribution is 2.17. The molecule has 1 amide bonds. The Morgan fingerprint density at radius 1 is 1.27 bits per heavy atom. The minimum Gasteiger partial charge on any atom is -0.342 e. The van der Waals surface area contributed by atoms with Crippen molar-refractivity contribution >= 4 is 39.8 Å². The molecule has 1 heterocycles. The number of hydrogen-bond donors (Lipinski definition) is 1. The van der Waals surface area contributed by atoms with Gasteiger partial charge >= 0.3 is 0 Å². The Kier molecular flexibility index (Phi) is 7.12. The Labute approximate surface area is 142 Å². The standard InChI is InChI=1S/C14H19ClN2O3S.ClH/c1-17(12-6-8-16-9-7-12)14(18)10-21(19,20)13-4-2-11(15)3-5-13;/h2-5,12,16H,6-10H2,1H3;1H. The van der Waals surface area contributed by atoms with Gasteiger partial charge < -0.3 is 10.2 Å². The fourth-order valence-electron chi connectivity index (χ4n) is 2.39. The summed E-state index contributed by atoms with van der Waals surface area (Å²) >= 11 is 5.74. The average Bonchev–Trinajstić information content (AvgIpc) is 2.47. The molecule has 1 saturated heterocycles. The van der Waals surface area contributed by atoms with Gasteiger partial charge in [-0.1, -0.05) is 11.6 Å². The van der Waals surface area contributed by atoms with E-state index in [-0.39, 0.29) is 29.3 Å². The van der Waals surface area contributed by atoms with Crippen LogP contribution in [0.3, 0.4) is 0 Å². The summed E-state index contributed by atoms with van der Waals surface area (Å²) in [6.45, 7) is 1.71. The number of sulfone groups is 1. The number of benzene rings is 1. The fourth-order valence-corrected chi connectivity index (χ4v) is 3.76. The molecule has 0 unspecified atom stereocenters. The molecule has 1 aromatic rings. The van der Waals surface area contributed by atoms with Crippen LogP contribution in [-0.2, 0) is 14.6 Å². The fraction of sp³-hybridized carbons (Fsp3) is 0.500. The minimum absolute atomic E-state index is 0. The molecule has 124 valence electrons. The van der Waals surface area contributed by atoms with Crippen molar-refractivity contribution in [3.8, 4) is 0 Å². The Morgan fingerprint density at radius 3 is 2.36 bits per heavy atom. The maximum atomic E-state index is 12.2. The molecule has 0 atom stereocenters. The molecule has 22 heavy (non-hydrogen) atoms. The number of piperidine rings is 1. The van der Waals surface area contributed by atoms with Crippen LogP contribution in [0.5, 0.6) is 0 Å². The lowest BCUT2D eigenvalue weighted by atomic mass is 10.1. The van der Waals surface area contributed by atoms with Crippen molar-refractivity contribution in [1.82, 2.24) is 10.2 Å². The molecule has 1 fully saturated rings. The number of nitrogens with one attached hydrogen (secondary N) is 1. The number of halogens is 2. The molecular weight excluding hydrogens is 347 g/mol. The highest BCUT2D eigenvalue weighted by Gasteiger charge is 2.26. The second-order valence-electron chi connectivity index (χ2n) is 5.20. The zero-order valence-corrected chi connectivity index (χ0v) is 14.7. The summed E-state index contributed by atoms with van der Waals surface area (Å²) in [5, 5.41) is 3.68. The third-order valence-electron chi connectivity index (χ3n) is 3.74. The van der Waals surface area contributed by atoms with Crippen LogP contribution in [0.1, 0.15) is 12.8 Å². The number of carbonyl (C=O) groups is 1. The van der Waals surface area contributed by atoms with E-state index in [9.17, 15) is 13.2 Å². The number of hydrogen-bond acceptors (Lipinski definition) is 4. The molecule has 1 N–H and O–H groups in total. The van der Waals surface area contributed by atoms with E-state index in [1.807, 2.05) is 0 Å². The predicted octanol–water partition coefficient (Wildman–Crippen LogP) is 1.75. The zero-order valence-electron chi connectivity index (χ0n) is 12.3. The van der Waals surface area contributed by atoms with Gasteiger partial charge in [-0.2, -0.15) is 0 Å². The molecule has 0 radical (unpaired) electrons. The lowest BCUT2D eigenvalue weighted by molar-refractivity contribution is -0.129. The van der Waals surface area contributed by atoms with Gasteiger partial charge in [0.1, 0.15) is 5.75 Å². The van der Waals surface area contributed by atoms with E-state index in [2.05, 4.69) is 5.32 Å². The SMILES string of the molecule is CN(C(=O)CS(=O)(=O)c1ccc(Cl)cc1)C1CCNCC1.Cl. The van der Waals surface area contributed by atoms with Gasteiger partial charge in [-0.15, -0.1) is 12.4 Å². The lowest BCUT2D eigenvalue weighted by Gasteiger charge is -2.31. The van der Waals surface area contributed by atoms with Gasteiger partial charge in [0, 0.05) is 18.1 Å². The molecular formula is C14H20Cl2N2O3S. The van der Waals surface area contributed by atoms with E-state index in [4.69, 9.17) is 11.6 Å². The minimum atomic E-state index is -3.63. The van der Waals surface area contributed by atoms with Crippen molar-refractivity contribution in [2.75, 3.05) is 25.9 Å². The maximum absolute atomic E-state index is 12.2. The molecule has 0 aliphatic carbocycles. The second-order valence-corrected chi connectivity index (χ2v) is 7.62. The lowest BCUT2D eigenvalue weighted by Crippen LogP contribution is -2.45. The maximum Gasteiger partial charge on any atom is 0.238 e. The van der Waals surface area contributed by atoms with Crippen molar-refractivity contribution in [2.45, 2.75) is 23.8 Å². The molecule has 1 aliphatic rings. The summed E-state index contributed by atoms with van der Waals surface area (Å²) in [5.41, 5.74) is 0. The van der Waals surface area contributed by atoms with Gasteiger partial charge in [-0.3, -0.25) is 4.79 Å². The largest absolute Gasteiger partial charge is 0.342 e. The van der Waals surface area contributed by atoms with Gasteiger partial charge in [0.05, 0.1) is 4.90 Å². The van der Waals surface area contributed by atoms with Crippen LogP contribution in [0.2, 0.25) is 5.02 Å². The van der Waals surface area contributed by atoms with Gasteiger partial charge in [-0.05, 0) is 50.2 Å². The molecule has 1 aliphatic heterocycles. The van der Waals surface area contributed by atoms with E-state index in [1.165, 1.54) is 24.3 Å². The Bertz CT molecular complexity index is 599. The molecule has 0 saturated carbocycles. The van der Waals surface area contributed by atoms with Crippen molar-refractivity contribution in [2.24, 2.45) is 0 Å². The van der Waals surface area contributed by atoms with Crippen LogP contribution in [-0.4, -0.2) is 51.2 Å². The predicted molar refractivity (Wildman–Crippen MR) is 89.4 cm³/mol. The quantitative estimate of drug-likeness (QED) is 0.881. The van der Waals surface area contributed by atoms with E-state index in [0.29, 0.717) is 5.02 Å². The smallest absolute Gasteiger partial charge is 0.238 e. The van der Waals surface area contributed by atoms with E-state index >= 15 is 0 Å². The van der Waals surface area contributed by atoms with Crippen molar-refractivity contribution in [1.29, 1.82) is 0 Å². The summed E-state index contributed by atoms with van der Waals surface area (Å²) in [6, 6.07) is 5.98. The summed E-state index contributed by atoms with van der Waals surface area (Å²) in [5.74, 6) is -0.869. The Hall–Kier alpha value is -0.820. The topological polar surface area (TPSA) is 66.5 Å². The van der Waals surface area contributed by atoms with E-state index in [1.54, 1.807) is 11.9 Å². The number of amides is 1. The van der Waals surface area contributed by atoms with E-state index in [0.717, 1.165) is 25.9 Å². The number of nitrogens with zero attached hydrogens (tertiary/aromatic N) is 1. The first-order chi connectivity index (χ1) is 9.90. The molecule has 5 nitrogen and oxygen atoms in total. The normalized spacial score (nSPS) is 15.9. The molecule has 1 aromatic carbocycles. The molecule has 0 spiro atoms. The molecule has 0 aromatic heterocycles. The molecule has 0 bridgehead atoms.